The van der Waals surface area contributed by atoms with Crippen LogP contribution in [0.25, 0.3) is 0 Å². The first-order chi connectivity index (χ1) is 5.47. The molecule has 66 valence electrons. The number of alkyl halides is 3. The molecule has 12 heavy (non-hydrogen) atoms. The van der Waals surface area contributed by atoms with Crippen LogP contribution < -0.4 is 0 Å². The minimum atomic E-state index is -4.14. The van der Waals surface area contributed by atoms with Gasteiger partial charge in [0.15, 0.2) is 0 Å². The lowest BCUT2D eigenvalue weighted by molar-refractivity contribution is -0.127. The molecule has 0 saturated heterocycles. The number of hydrogen-bond acceptors (Lipinski definition) is 1. The molecule has 0 saturated carbocycles. The molecular formula is C8H8F3N. The number of aromatic nitrogens is 1. The van der Waals surface area contributed by atoms with Crippen LogP contribution in [0.5, 0.6) is 0 Å². The van der Waals surface area contributed by atoms with Crippen molar-refractivity contribution in [3.05, 3.63) is 29.6 Å². The van der Waals surface area contributed by atoms with Gasteiger partial charge in [0.2, 0.25) is 0 Å². The molecule has 0 unspecified atom stereocenters. The van der Waals surface area contributed by atoms with Crippen LogP contribution in [-0.2, 0) is 6.42 Å². The van der Waals surface area contributed by atoms with Crippen LogP contribution in [0.1, 0.15) is 11.3 Å². The van der Waals surface area contributed by atoms with Crippen LogP contribution >= 0.6 is 0 Å². The average molecular weight is 175 g/mol. The molecule has 0 aliphatic rings. The topological polar surface area (TPSA) is 12.9 Å². The van der Waals surface area contributed by atoms with Gasteiger partial charge in [-0.1, -0.05) is 6.07 Å². The molecule has 1 heterocycles. The first-order valence-electron chi connectivity index (χ1n) is 3.46. The molecule has 1 aromatic rings. The second-order valence-corrected chi connectivity index (χ2v) is 2.60. The fourth-order valence-electron chi connectivity index (χ4n) is 0.834. The second kappa shape index (κ2) is 3.13. The van der Waals surface area contributed by atoms with E-state index in [4.69, 9.17) is 0 Å². The lowest BCUT2D eigenvalue weighted by Crippen LogP contribution is -2.11. The maximum Gasteiger partial charge on any atom is 0.393 e. The summed E-state index contributed by atoms with van der Waals surface area (Å²) in [5.41, 5.74) is 0.925. The number of hydrogen-bond donors (Lipinski definition) is 0. The molecule has 0 spiro atoms. The van der Waals surface area contributed by atoms with Gasteiger partial charge in [0.05, 0.1) is 6.42 Å². The molecule has 0 N–H and O–H groups in total. The van der Waals surface area contributed by atoms with Crippen LogP contribution in [0, 0.1) is 6.92 Å². The summed E-state index contributed by atoms with van der Waals surface area (Å²) in [6.07, 6.45) is -3.79. The number of halogens is 3. The Hall–Kier alpha value is -1.06. The Morgan fingerprint density at radius 2 is 2.00 bits per heavy atom. The van der Waals surface area contributed by atoms with Gasteiger partial charge in [0, 0.05) is 11.9 Å². The van der Waals surface area contributed by atoms with Gasteiger partial charge in [-0.25, -0.2) is 0 Å². The van der Waals surface area contributed by atoms with Crippen molar-refractivity contribution >= 4 is 0 Å². The number of nitrogens with zero attached hydrogens (tertiary/aromatic N) is 1. The molecule has 4 heteroatoms. The molecule has 0 atom stereocenters. The van der Waals surface area contributed by atoms with E-state index in [1.807, 2.05) is 0 Å². The van der Waals surface area contributed by atoms with Gasteiger partial charge in [0.1, 0.15) is 0 Å². The van der Waals surface area contributed by atoms with Crippen LogP contribution in [0.15, 0.2) is 18.3 Å². The standard InChI is InChI=1S/C8H8F3N/c1-6-2-3-7(5-12-6)4-8(9,10)11/h2-3,5H,4H2,1H3. The zero-order chi connectivity index (χ0) is 9.19. The van der Waals surface area contributed by atoms with Crippen LogP contribution in [-0.4, -0.2) is 11.2 Å². The summed E-state index contributed by atoms with van der Waals surface area (Å²) in [4.78, 5) is 3.76. The monoisotopic (exact) mass is 175 g/mol. The third-order valence-corrected chi connectivity index (χ3v) is 1.38. The van der Waals surface area contributed by atoms with Gasteiger partial charge in [-0.15, -0.1) is 0 Å². The van der Waals surface area contributed by atoms with Crippen LogP contribution in [0.3, 0.4) is 0 Å². The normalized spacial score (nSPS) is 11.7. The predicted molar refractivity (Wildman–Crippen MR) is 38.7 cm³/mol. The molecule has 0 bridgehead atoms. The van der Waals surface area contributed by atoms with E-state index in [2.05, 4.69) is 4.98 Å². The smallest absolute Gasteiger partial charge is 0.261 e. The summed E-state index contributed by atoms with van der Waals surface area (Å²) in [6, 6.07) is 3.01. The van der Waals surface area contributed by atoms with Crippen molar-refractivity contribution in [3.63, 3.8) is 0 Å². The summed E-state index contributed by atoms with van der Waals surface area (Å²) in [5, 5.41) is 0. The van der Waals surface area contributed by atoms with Gasteiger partial charge < -0.3 is 0 Å². The molecule has 0 aromatic carbocycles. The predicted octanol–water partition coefficient (Wildman–Crippen LogP) is 2.49. The Kier molecular flexibility index (Phi) is 2.35. The first kappa shape index (κ1) is 9.03. The molecule has 1 rings (SSSR count). The highest BCUT2D eigenvalue weighted by Crippen LogP contribution is 2.20. The Balaban J connectivity index is 2.71. The maximum absolute atomic E-state index is 11.8. The lowest BCUT2D eigenvalue weighted by Gasteiger charge is -2.05. The highest BCUT2D eigenvalue weighted by molar-refractivity contribution is 5.13. The van der Waals surface area contributed by atoms with E-state index in [0.717, 1.165) is 5.69 Å². The molecule has 0 radical (unpaired) electrons. The summed E-state index contributed by atoms with van der Waals surface area (Å²) in [6.45, 7) is 1.73. The number of aryl methyl sites for hydroxylation is 1. The van der Waals surface area contributed by atoms with Crippen molar-refractivity contribution in [3.8, 4) is 0 Å². The van der Waals surface area contributed by atoms with Crippen molar-refractivity contribution in [1.82, 2.24) is 4.98 Å². The van der Waals surface area contributed by atoms with Gasteiger partial charge in [-0.2, -0.15) is 13.2 Å². The van der Waals surface area contributed by atoms with Gasteiger partial charge >= 0.3 is 6.18 Å². The minimum Gasteiger partial charge on any atom is -0.261 e. The fraction of sp³-hybridized carbons (Fsp3) is 0.375. The summed E-state index contributed by atoms with van der Waals surface area (Å²) in [7, 11) is 0. The van der Waals surface area contributed by atoms with Crippen molar-refractivity contribution in [1.29, 1.82) is 0 Å². The summed E-state index contributed by atoms with van der Waals surface area (Å²) >= 11 is 0. The number of rotatable bonds is 1. The van der Waals surface area contributed by atoms with Crippen molar-refractivity contribution in [2.45, 2.75) is 19.5 Å². The Bertz CT molecular complexity index is 250. The van der Waals surface area contributed by atoms with E-state index in [-0.39, 0.29) is 5.56 Å². The Morgan fingerprint density at radius 3 is 2.42 bits per heavy atom. The third kappa shape index (κ3) is 2.90. The van der Waals surface area contributed by atoms with Crippen LogP contribution in [0.4, 0.5) is 13.2 Å². The Labute approximate surface area is 68.2 Å². The largest absolute Gasteiger partial charge is 0.393 e. The van der Waals surface area contributed by atoms with Crippen LogP contribution in [0.2, 0.25) is 0 Å². The molecule has 0 aliphatic heterocycles. The quantitative estimate of drug-likeness (QED) is 0.639. The third-order valence-electron chi connectivity index (χ3n) is 1.38. The van der Waals surface area contributed by atoms with Gasteiger partial charge in [-0.05, 0) is 18.6 Å². The molecule has 0 amide bonds. The molecule has 0 fully saturated rings. The first-order valence-corrected chi connectivity index (χ1v) is 3.46. The maximum atomic E-state index is 11.8. The van der Waals surface area contributed by atoms with Crippen molar-refractivity contribution in [2.75, 3.05) is 0 Å². The SMILES string of the molecule is Cc1ccc(CC(F)(F)F)cn1. The Morgan fingerprint density at radius 1 is 1.33 bits per heavy atom. The lowest BCUT2D eigenvalue weighted by atomic mass is 10.2. The molecular weight excluding hydrogens is 167 g/mol. The highest BCUT2D eigenvalue weighted by Gasteiger charge is 2.27. The van der Waals surface area contributed by atoms with Crippen molar-refractivity contribution in [2.24, 2.45) is 0 Å². The van der Waals surface area contributed by atoms with Crippen molar-refractivity contribution < 1.29 is 13.2 Å². The zero-order valence-corrected chi connectivity index (χ0v) is 6.52. The molecule has 1 aromatic heterocycles. The minimum absolute atomic E-state index is 0.202. The van der Waals surface area contributed by atoms with E-state index in [1.165, 1.54) is 12.3 Å². The van der Waals surface area contributed by atoms with E-state index < -0.39 is 12.6 Å². The second-order valence-electron chi connectivity index (χ2n) is 2.60. The summed E-state index contributed by atoms with van der Waals surface area (Å²) in [5.74, 6) is 0. The number of pyridine rings is 1. The zero-order valence-electron chi connectivity index (χ0n) is 6.52. The fourth-order valence-corrected chi connectivity index (χ4v) is 0.834. The molecule has 0 aliphatic carbocycles. The van der Waals surface area contributed by atoms with E-state index in [1.54, 1.807) is 13.0 Å². The van der Waals surface area contributed by atoms with E-state index in [9.17, 15) is 13.2 Å². The highest BCUT2D eigenvalue weighted by atomic mass is 19.4. The average Bonchev–Trinajstić information content (AvgIpc) is 1.91. The summed E-state index contributed by atoms with van der Waals surface area (Å²) < 4.78 is 35.4. The van der Waals surface area contributed by atoms with Gasteiger partial charge in [-0.3, -0.25) is 4.98 Å². The van der Waals surface area contributed by atoms with E-state index >= 15 is 0 Å². The van der Waals surface area contributed by atoms with E-state index in [0.29, 0.717) is 0 Å². The van der Waals surface area contributed by atoms with Gasteiger partial charge in [0.25, 0.3) is 0 Å². The molecule has 1 nitrogen and oxygen atoms in total.